The topological polar surface area (TPSA) is 69.3 Å². The van der Waals surface area contributed by atoms with Crippen molar-refractivity contribution in [1.29, 1.82) is 0 Å². The molecule has 2 aromatic carbocycles. The van der Waals surface area contributed by atoms with E-state index >= 15 is 0 Å². The highest BCUT2D eigenvalue weighted by atomic mass is 19.1. The first-order chi connectivity index (χ1) is 14.1. The van der Waals surface area contributed by atoms with Crippen LogP contribution in [0.25, 0.3) is 11.3 Å². The van der Waals surface area contributed by atoms with Crippen LogP contribution in [0.15, 0.2) is 60.8 Å². The minimum atomic E-state index is -0.527. The summed E-state index contributed by atoms with van der Waals surface area (Å²) in [6.45, 7) is 1.75. The molecule has 3 aromatic rings. The molecular formula is C22H21FN4O2. The van der Waals surface area contributed by atoms with Crippen LogP contribution >= 0.6 is 0 Å². The van der Waals surface area contributed by atoms with E-state index in [1.54, 1.807) is 21.9 Å². The first-order valence-electron chi connectivity index (χ1n) is 9.57. The molecule has 0 spiro atoms. The number of carbonyl (C=O) groups excluding carboxylic acids is 2. The molecule has 1 aromatic heterocycles. The third-order valence-corrected chi connectivity index (χ3v) is 5.11. The zero-order valence-corrected chi connectivity index (χ0v) is 15.8. The second-order valence-corrected chi connectivity index (χ2v) is 6.94. The van der Waals surface area contributed by atoms with Gasteiger partial charge in [-0.2, -0.15) is 5.10 Å². The van der Waals surface area contributed by atoms with Crippen molar-refractivity contribution in [2.24, 2.45) is 0 Å². The van der Waals surface area contributed by atoms with Crippen LogP contribution in [-0.4, -0.2) is 58.0 Å². The Morgan fingerprint density at radius 1 is 0.828 bits per heavy atom. The molecule has 29 heavy (non-hydrogen) atoms. The lowest BCUT2D eigenvalue weighted by Crippen LogP contribution is -2.37. The lowest BCUT2D eigenvalue weighted by molar-refractivity contribution is 0.0716. The zero-order valence-electron chi connectivity index (χ0n) is 15.8. The molecule has 4 rings (SSSR count). The van der Waals surface area contributed by atoms with E-state index in [9.17, 15) is 14.0 Å². The first kappa shape index (κ1) is 18.9. The lowest BCUT2D eigenvalue weighted by atomic mass is 10.1. The summed E-state index contributed by atoms with van der Waals surface area (Å²) in [5.74, 6) is -0.996. The van der Waals surface area contributed by atoms with Crippen LogP contribution in [-0.2, 0) is 0 Å². The standard InChI is InChI=1S/C22H21FN4O2/c23-19-10-5-4-9-17(19)21(28)26-11-6-12-27(14-13-26)22(29)18-15-24-25-20(18)16-7-2-1-3-8-16/h1-5,7-10,15H,6,11-14H2,(H,24,25). The van der Waals surface area contributed by atoms with E-state index in [-0.39, 0.29) is 17.4 Å². The van der Waals surface area contributed by atoms with Crippen molar-refractivity contribution >= 4 is 11.8 Å². The SMILES string of the molecule is O=C(c1ccccc1F)N1CCCN(C(=O)c2cn[nH]c2-c2ccccc2)CC1. The molecule has 0 saturated carbocycles. The Balaban J connectivity index is 1.48. The maximum Gasteiger partial charge on any atom is 0.257 e. The summed E-state index contributed by atoms with van der Waals surface area (Å²) in [6.07, 6.45) is 2.17. The molecule has 2 heterocycles. The van der Waals surface area contributed by atoms with Crippen LogP contribution in [0, 0.1) is 5.82 Å². The fraction of sp³-hybridized carbons (Fsp3) is 0.227. The van der Waals surface area contributed by atoms with E-state index in [2.05, 4.69) is 10.2 Å². The molecule has 0 radical (unpaired) electrons. The normalized spacial score (nSPS) is 14.5. The number of nitrogens with one attached hydrogen (secondary N) is 1. The molecule has 1 aliphatic heterocycles. The van der Waals surface area contributed by atoms with Crippen LogP contribution < -0.4 is 0 Å². The summed E-state index contributed by atoms with van der Waals surface area (Å²) in [5.41, 5.74) is 2.14. The van der Waals surface area contributed by atoms with Gasteiger partial charge in [0.15, 0.2) is 0 Å². The van der Waals surface area contributed by atoms with Gasteiger partial charge in [0, 0.05) is 31.7 Å². The Hall–Kier alpha value is -3.48. The number of hydrogen-bond donors (Lipinski definition) is 1. The first-order valence-corrected chi connectivity index (χ1v) is 9.57. The Bertz CT molecular complexity index is 1020. The number of rotatable bonds is 3. The monoisotopic (exact) mass is 392 g/mol. The fourth-order valence-corrected chi connectivity index (χ4v) is 3.57. The number of hydrogen-bond acceptors (Lipinski definition) is 3. The molecule has 148 valence electrons. The molecule has 1 fully saturated rings. The molecule has 0 bridgehead atoms. The van der Waals surface area contributed by atoms with Crippen molar-refractivity contribution in [3.05, 3.63) is 77.7 Å². The highest BCUT2D eigenvalue weighted by Gasteiger charge is 2.26. The summed E-state index contributed by atoms with van der Waals surface area (Å²) in [5, 5.41) is 6.96. The second kappa shape index (κ2) is 8.26. The van der Waals surface area contributed by atoms with Crippen molar-refractivity contribution in [1.82, 2.24) is 20.0 Å². The molecule has 0 atom stereocenters. The number of H-pyrrole nitrogens is 1. The Kier molecular flexibility index (Phi) is 5.37. The predicted octanol–water partition coefficient (Wildman–Crippen LogP) is 3.20. The Morgan fingerprint density at radius 2 is 1.45 bits per heavy atom. The van der Waals surface area contributed by atoms with Gasteiger partial charge < -0.3 is 9.80 Å². The molecule has 0 aliphatic carbocycles. The van der Waals surface area contributed by atoms with E-state index in [4.69, 9.17) is 0 Å². The zero-order chi connectivity index (χ0) is 20.2. The van der Waals surface area contributed by atoms with Crippen molar-refractivity contribution in [2.45, 2.75) is 6.42 Å². The van der Waals surface area contributed by atoms with E-state index in [0.717, 1.165) is 5.56 Å². The minimum Gasteiger partial charge on any atom is -0.337 e. The molecular weight excluding hydrogens is 371 g/mol. The molecule has 1 aliphatic rings. The maximum atomic E-state index is 14.0. The number of carbonyl (C=O) groups is 2. The number of amides is 2. The molecule has 0 unspecified atom stereocenters. The predicted molar refractivity (Wildman–Crippen MR) is 107 cm³/mol. The summed E-state index contributed by atoms with van der Waals surface area (Å²) >= 11 is 0. The highest BCUT2D eigenvalue weighted by Crippen LogP contribution is 2.22. The average Bonchev–Trinajstić information content (AvgIpc) is 3.11. The number of halogens is 1. The van der Waals surface area contributed by atoms with E-state index < -0.39 is 5.82 Å². The van der Waals surface area contributed by atoms with E-state index in [1.165, 1.54) is 18.3 Å². The van der Waals surface area contributed by atoms with Crippen LogP contribution in [0.1, 0.15) is 27.1 Å². The number of benzene rings is 2. The van der Waals surface area contributed by atoms with Crippen molar-refractivity contribution < 1.29 is 14.0 Å². The summed E-state index contributed by atoms with van der Waals surface area (Å²) < 4.78 is 14.0. The van der Waals surface area contributed by atoms with Crippen molar-refractivity contribution in [3.63, 3.8) is 0 Å². The largest absolute Gasteiger partial charge is 0.337 e. The second-order valence-electron chi connectivity index (χ2n) is 6.94. The van der Waals surface area contributed by atoms with Gasteiger partial charge in [-0.3, -0.25) is 14.7 Å². The quantitative estimate of drug-likeness (QED) is 0.744. The average molecular weight is 392 g/mol. The minimum absolute atomic E-state index is 0.0634. The van der Waals surface area contributed by atoms with Gasteiger partial charge in [0.2, 0.25) is 0 Å². The molecule has 1 saturated heterocycles. The van der Waals surface area contributed by atoms with Gasteiger partial charge >= 0.3 is 0 Å². The summed E-state index contributed by atoms with van der Waals surface area (Å²) in [4.78, 5) is 29.1. The van der Waals surface area contributed by atoms with Crippen molar-refractivity contribution in [3.8, 4) is 11.3 Å². The van der Waals surface area contributed by atoms with E-state index in [1.807, 2.05) is 30.3 Å². The number of aromatic nitrogens is 2. The van der Waals surface area contributed by atoms with Crippen LogP contribution in [0.3, 0.4) is 0 Å². The van der Waals surface area contributed by atoms with Gasteiger partial charge in [0.25, 0.3) is 11.8 Å². The molecule has 6 nitrogen and oxygen atoms in total. The highest BCUT2D eigenvalue weighted by molar-refractivity contribution is 6.00. The summed E-state index contributed by atoms with van der Waals surface area (Å²) in [6, 6.07) is 15.5. The van der Waals surface area contributed by atoms with Crippen LogP contribution in [0.5, 0.6) is 0 Å². The number of aromatic amines is 1. The lowest BCUT2D eigenvalue weighted by Gasteiger charge is -2.22. The van der Waals surface area contributed by atoms with Crippen LogP contribution in [0.2, 0.25) is 0 Å². The molecule has 1 N–H and O–H groups in total. The third kappa shape index (κ3) is 3.89. The summed E-state index contributed by atoms with van der Waals surface area (Å²) in [7, 11) is 0. The van der Waals surface area contributed by atoms with Gasteiger partial charge in [-0.05, 0) is 18.6 Å². The third-order valence-electron chi connectivity index (χ3n) is 5.11. The van der Waals surface area contributed by atoms with Gasteiger partial charge in [-0.1, -0.05) is 42.5 Å². The van der Waals surface area contributed by atoms with Gasteiger partial charge in [0.05, 0.1) is 23.0 Å². The maximum absolute atomic E-state index is 14.0. The smallest absolute Gasteiger partial charge is 0.257 e. The number of nitrogens with zero attached hydrogens (tertiary/aromatic N) is 3. The Morgan fingerprint density at radius 3 is 2.14 bits per heavy atom. The van der Waals surface area contributed by atoms with Gasteiger partial charge in [-0.25, -0.2) is 4.39 Å². The van der Waals surface area contributed by atoms with Gasteiger partial charge in [0.1, 0.15) is 5.82 Å². The van der Waals surface area contributed by atoms with Crippen LogP contribution in [0.4, 0.5) is 4.39 Å². The Labute approximate surface area is 167 Å². The molecule has 2 amide bonds. The van der Waals surface area contributed by atoms with E-state index in [0.29, 0.717) is 43.9 Å². The molecule has 7 heteroatoms. The van der Waals surface area contributed by atoms with Crippen molar-refractivity contribution in [2.75, 3.05) is 26.2 Å². The fourth-order valence-electron chi connectivity index (χ4n) is 3.57. The van der Waals surface area contributed by atoms with Gasteiger partial charge in [-0.15, -0.1) is 0 Å².